The lowest BCUT2D eigenvalue weighted by Crippen LogP contribution is -2.06. The standard InChI is InChI=1S/C6H5N3O/c1-4-2-8-9-5(4)3-10-6(9)7/h2-3,7H,1H2. The SMILES string of the molecule is C=c1cnn2c(=N)occ12. The first kappa shape index (κ1) is 5.22. The molecule has 0 saturated carbocycles. The molecule has 2 aromatic heterocycles. The monoisotopic (exact) mass is 135 g/mol. The van der Waals surface area contributed by atoms with Gasteiger partial charge >= 0.3 is 5.68 Å². The van der Waals surface area contributed by atoms with Gasteiger partial charge in [0.25, 0.3) is 0 Å². The van der Waals surface area contributed by atoms with Crippen molar-refractivity contribution in [1.29, 1.82) is 5.41 Å². The van der Waals surface area contributed by atoms with E-state index in [0.717, 1.165) is 10.7 Å². The smallest absolute Gasteiger partial charge is 0.315 e. The maximum Gasteiger partial charge on any atom is 0.315 e. The molecule has 4 nitrogen and oxygen atoms in total. The Balaban J connectivity index is 3.24. The molecule has 0 unspecified atom stereocenters. The Bertz CT molecular complexity index is 409. The number of hydrogen-bond donors (Lipinski definition) is 1. The Kier molecular flexibility index (Phi) is 0.768. The largest absolute Gasteiger partial charge is 0.430 e. The molecule has 2 rings (SSSR count). The van der Waals surface area contributed by atoms with Gasteiger partial charge < -0.3 is 4.42 Å². The summed E-state index contributed by atoms with van der Waals surface area (Å²) in [5.74, 6) is 0. The van der Waals surface area contributed by atoms with E-state index in [9.17, 15) is 0 Å². The minimum Gasteiger partial charge on any atom is -0.430 e. The van der Waals surface area contributed by atoms with E-state index < -0.39 is 0 Å². The summed E-state index contributed by atoms with van der Waals surface area (Å²) in [6, 6.07) is 0. The number of oxazole rings is 1. The molecule has 2 heterocycles. The van der Waals surface area contributed by atoms with Gasteiger partial charge in [-0.1, -0.05) is 6.58 Å². The van der Waals surface area contributed by atoms with Crippen LogP contribution in [0.3, 0.4) is 0 Å². The molecule has 10 heavy (non-hydrogen) atoms. The van der Waals surface area contributed by atoms with Gasteiger partial charge in [0.15, 0.2) is 0 Å². The Morgan fingerprint density at radius 1 is 1.70 bits per heavy atom. The van der Waals surface area contributed by atoms with Crippen molar-refractivity contribution in [2.24, 2.45) is 0 Å². The van der Waals surface area contributed by atoms with Crippen molar-refractivity contribution in [2.45, 2.75) is 0 Å². The molecule has 0 aliphatic rings. The van der Waals surface area contributed by atoms with Gasteiger partial charge in [-0.15, -0.1) is 0 Å². The van der Waals surface area contributed by atoms with E-state index in [1.165, 1.54) is 10.8 Å². The Labute approximate surface area is 55.9 Å². The molecule has 0 aliphatic carbocycles. The van der Waals surface area contributed by atoms with E-state index in [1.54, 1.807) is 6.20 Å². The van der Waals surface area contributed by atoms with Gasteiger partial charge in [0.05, 0.1) is 6.20 Å². The number of rotatable bonds is 0. The van der Waals surface area contributed by atoms with Crippen molar-refractivity contribution in [3.05, 3.63) is 23.4 Å². The Hall–Kier alpha value is -1.58. The summed E-state index contributed by atoms with van der Waals surface area (Å²) in [7, 11) is 0. The number of fused-ring (bicyclic) bond motifs is 1. The van der Waals surface area contributed by atoms with Crippen LogP contribution in [0.5, 0.6) is 0 Å². The lowest BCUT2D eigenvalue weighted by molar-refractivity contribution is 0.470. The molecule has 4 heteroatoms. The number of nitrogens with one attached hydrogen (secondary N) is 1. The van der Waals surface area contributed by atoms with E-state index in [2.05, 4.69) is 11.7 Å². The fraction of sp³-hybridized carbons (Fsp3) is 0. The highest BCUT2D eigenvalue weighted by Gasteiger charge is 1.98. The molecule has 0 aromatic carbocycles. The van der Waals surface area contributed by atoms with Crippen molar-refractivity contribution < 1.29 is 4.42 Å². The van der Waals surface area contributed by atoms with Crippen LogP contribution >= 0.6 is 0 Å². The summed E-state index contributed by atoms with van der Waals surface area (Å²) in [5.41, 5.74) is 0.787. The molecule has 0 atom stereocenters. The van der Waals surface area contributed by atoms with Crippen LogP contribution in [0.15, 0.2) is 16.9 Å². The van der Waals surface area contributed by atoms with Crippen LogP contribution in [0.25, 0.3) is 12.1 Å². The molecule has 0 amide bonds. The number of aromatic nitrogens is 2. The van der Waals surface area contributed by atoms with E-state index in [0.29, 0.717) is 0 Å². The van der Waals surface area contributed by atoms with E-state index in [1.807, 2.05) is 0 Å². The molecule has 0 radical (unpaired) electrons. The molecular formula is C6H5N3O. The zero-order valence-electron chi connectivity index (χ0n) is 5.16. The van der Waals surface area contributed by atoms with Crippen molar-refractivity contribution >= 4 is 12.1 Å². The van der Waals surface area contributed by atoms with Gasteiger partial charge in [-0.05, 0) is 0 Å². The van der Waals surface area contributed by atoms with E-state index in [-0.39, 0.29) is 5.68 Å². The lowest BCUT2D eigenvalue weighted by Gasteiger charge is -1.71. The second-order valence-corrected chi connectivity index (χ2v) is 2.01. The van der Waals surface area contributed by atoms with Crippen LogP contribution in [0.1, 0.15) is 0 Å². The van der Waals surface area contributed by atoms with Crippen molar-refractivity contribution in [3.8, 4) is 0 Å². The van der Waals surface area contributed by atoms with Crippen LogP contribution < -0.4 is 10.9 Å². The number of nitrogens with zero attached hydrogens (tertiary/aromatic N) is 2. The second kappa shape index (κ2) is 1.47. The van der Waals surface area contributed by atoms with E-state index >= 15 is 0 Å². The highest BCUT2D eigenvalue weighted by Crippen LogP contribution is 1.87. The zero-order chi connectivity index (χ0) is 7.14. The summed E-state index contributed by atoms with van der Waals surface area (Å²) >= 11 is 0. The van der Waals surface area contributed by atoms with Crippen molar-refractivity contribution in [1.82, 2.24) is 9.61 Å². The first-order valence-corrected chi connectivity index (χ1v) is 2.78. The molecular weight excluding hydrogens is 130 g/mol. The van der Waals surface area contributed by atoms with Crippen LogP contribution in [-0.2, 0) is 0 Å². The minimum atomic E-state index is 0.0323. The lowest BCUT2D eigenvalue weighted by atomic mass is 10.5. The van der Waals surface area contributed by atoms with Gasteiger partial charge in [-0.3, -0.25) is 0 Å². The van der Waals surface area contributed by atoms with E-state index in [4.69, 9.17) is 9.83 Å². The van der Waals surface area contributed by atoms with Gasteiger partial charge in [-0.2, -0.15) is 9.61 Å². The molecule has 1 N–H and O–H groups in total. The second-order valence-electron chi connectivity index (χ2n) is 2.01. The van der Waals surface area contributed by atoms with Crippen molar-refractivity contribution in [3.63, 3.8) is 0 Å². The molecule has 0 fully saturated rings. The summed E-state index contributed by atoms with van der Waals surface area (Å²) in [4.78, 5) is 0. The van der Waals surface area contributed by atoms with Crippen molar-refractivity contribution in [2.75, 3.05) is 0 Å². The Morgan fingerprint density at radius 2 is 2.50 bits per heavy atom. The first-order chi connectivity index (χ1) is 4.79. The highest BCUT2D eigenvalue weighted by atomic mass is 16.3. The molecule has 0 spiro atoms. The van der Waals surface area contributed by atoms with Gasteiger partial charge in [0.2, 0.25) is 0 Å². The summed E-state index contributed by atoms with van der Waals surface area (Å²) in [5, 5.41) is 11.8. The zero-order valence-corrected chi connectivity index (χ0v) is 5.16. The molecule has 0 bridgehead atoms. The summed E-state index contributed by atoms with van der Waals surface area (Å²) in [6.07, 6.45) is 3.07. The third-order valence-corrected chi connectivity index (χ3v) is 1.36. The fourth-order valence-corrected chi connectivity index (χ4v) is 0.841. The Morgan fingerprint density at radius 3 is 3.20 bits per heavy atom. The normalized spacial score (nSPS) is 10.8. The van der Waals surface area contributed by atoms with Gasteiger partial charge in [-0.25, -0.2) is 5.41 Å². The van der Waals surface area contributed by atoms with Crippen LogP contribution in [0.4, 0.5) is 0 Å². The predicted molar refractivity (Wildman–Crippen MR) is 34.1 cm³/mol. The van der Waals surface area contributed by atoms with Crippen LogP contribution in [0.2, 0.25) is 0 Å². The highest BCUT2D eigenvalue weighted by molar-refractivity contribution is 5.44. The summed E-state index contributed by atoms with van der Waals surface area (Å²) < 4.78 is 6.15. The predicted octanol–water partition coefficient (Wildman–Crippen LogP) is -0.464. The number of hydrogen-bond acceptors (Lipinski definition) is 3. The first-order valence-electron chi connectivity index (χ1n) is 2.78. The van der Waals surface area contributed by atoms with Gasteiger partial charge in [0, 0.05) is 5.22 Å². The molecule has 50 valence electrons. The summed E-state index contributed by atoms with van der Waals surface area (Å²) in [6.45, 7) is 3.70. The quantitative estimate of drug-likeness (QED) is 0.531. The maximum absolute atomic E-state index is 7.16. The average Bonchev–Trinajstić information content (AvgIpc) is 2.41. The third-order valence-electron chi connectivity index (χ3n) is 1.36. The van der Waals surface area contributed by atoms with Crippen LogP contribution in [0, 0.1) is 5.41 Å². The fourth-order valence-electron chi connectivity index (χ4n) is 0.841. The third kappa shape index (κ3) is 0.452. The minimum absolute atomic E-state index is 0.0323. The van der Waals surface area contributed by atoms with Crippen LogP contribution in [-0.4, -0.2) is 9.61 Å². The molecule has 0 saturated heterocycles. The molecule has 2 aromatic rings. The molecule has 0 aliphatic heterocycles. The topological polar surface area (TPSA) is 54.3 Å². The average molecular weight is 135 g/mol. The van der Waals surface area contributed by atoms with Gasteiger partial charge in [0.1, 0.15) is 11.8 Å². The maximum atomic E-state index is 7.16.